The van der Waals surface area contributed by atoms with Crippen LogP contribution in [-0.4, -0.2) is 10.2 Å². The molecular weight excluding hydrogens is 470 g/mol. The molecule has 0 aliphatic carbocycles. The van der Waals surface area contributed by atoms with E-state index in [1.165, 1.54) is 0 Å². The monoisotopic (exact) mass is 494 g/mol. The summed E-state index contributed by atoms with van der Waals surface area (Å²) in [5.74, 6) is 0. The Hall–Kier alpha value is -3.58. The molecule has 0 radical (unpaired) electrons. The molecule has 0 aliphatic rings. The maximum absolute atomic E-state index is 14.8. The predicted octanol–water partition coefficient (Wildman–Crippen LogP) is 4.06. The summed E-state index contributed by atoms with van der Waals surface area (Å²) in [7, 11) is -6.58. The molecule has 1 heterocycles. The molecule has 0 aliphatic heterocycles. The Bertz CT molecular complexity index is 1450. The van der Waals surface area contributed by atoms with Gasteiger partial charge < -0.3 is 9.13 Å². The van der Waals surface area contributed by atoms with Crippen LogP contribution in [0.2, 0.25) is 0 Å². The van der Waals surface area contributed by atoms with Gasteiger partial charge >= 0.3 is 0 Å². The summed E-state index contributed by atoms with van der Waals surface area (Å²) in [6, 6.07) is 39.3. The van der Waals surface area contributed by atoms with E-state index in [4.69, 9.17) is 0 Å². The summed E-state index contributed by atoms with van der Waals surface area (Å²) in [5, 5.41) is 11.8. The molecule has 0 saturated heterocycles. The zero-order chi connectivity index (χ0) is 24.3. The van der Waals surface area contributed by atoms with Crippen molar-refractivity contribution < 1.29 is 9.13 Å². The summed E-state index contributed by atoms with van der Waals surface area (Å²) < 4.78 is 29.5. The summed E-state index contributed by atoms with van der Waals surface area (Å²) in [6.07, 6.45) is 0. The first-order chi connectivity index (χ1) is 17.0. The van der Waals surface area contributed by atoms with Crippen LogP contribution in [0.15, 0.2) is 127 Å². The molecule has 5 aromatic rings. The van der Waals surface area contributed by atoms with Crippen LogP contribution < -0.4 is 32.1 Å². The molecule has 0 fully saturated rings. The van der Waals surface area contributed by atoms with Gasteiger partial charge in [0.15, 0.2) is 14.3 Å². The molecule has 4 aromatic carbocycles. The highest BCUT2D eigenvalue weighted by atomic mass is 31.2. The number of hydrogen-bond acceptors (Lipinski definition) is 4. The van der Waals surface area contributed by atoms with Gasteiger partial charge in [0.05, 0.1) is 0 Å². The summed E-state index contributed by atoms with van der Waals surface area (Å²) in [4.78, 5) is 0. The SMILES string of the molecule is Cc1cc(P(=O)(c2ccccc2)c2ccccc2)nnc1P(=O)(c1ccccc1)c1ccccc1. The second kappa shape index (κ2) is 9.58. The molecule has 0 N–H and O–H groups in total. The maximum atomic E-state index is 14.8. The molecule has 4 nitrogen and oxygen atoms in total. The minimum Gasteiger partial charge on any atom is -0.307 e. The van der Waals surface area contributed by atoms with Crippen molar-refractivity contribution in [2.24, 2.45) is 0 Å². The highest BCUT2D eigenvalue weighted by Crippen LogP contribution is 2.44. The second-order valence-corrected chi connectivity index (χ2v) is 13.7. The minimum atomic E-state index is -3.29. The zero-order valence-electron chi connectivity index (χ0n) is 19.2. The van der Waals surface area contributed by atoms with E-state index in [-0.39, 0.29) is 0 Å². The quantitative estimate of drug-likeness (QED) is 0.334. The molecule has 35 heavy (non-hydrogen) atoms. The Morgan fingerprint density at radius 3 is 1.17 bits per heavy atom. The Kier molecular flexibility index (Phi) is 6.34. The number of rotatable bonds is 6. The fourth-order valence-corrected chi connectivity index (χ4v) is 9.55. The van der Waals surface area contributed by atoms with Crippen LogP contribution in [0, 0.1) is 6.92 Å². The van der Waals surface area contributed by atoms with Gasteiger partial charge in [0.25, 0.3) is 0 Å². The average molecular weight is 494 g/mol. The van der Waals surface area contributed by atoms with Crippen LogP contribution in [0.5, 0.6) is 0 Å². The van der Waals surface area contributed by atoms with E-state index in [1.807, 2.05) is 128 Å². The molecule has 1 aromatic heterocycles. The van der Waals surface area contributed by atoms with Crippen molar-refractivity contribution in [3.63, 3.8) is 0 Å². The first-order valence-corrected chi connectivity index (χ1v) is 14.7. The smallest absolute Gasteiger partial charge is 0.190 e. The lowest BCUT2D eigenvalue weighted by Crippen LogP contribution is -2.34. The van der Waals surface area contributed by atoms with Crippen molar-refractivity contribution >= 4 is 46.4 Å². The number of nitrogens with zero attached hydrogens (tertiary/aromatic N) is 2. The topological polar surface area (TPSA) is 59.9 Å². The molecule has 0 atom stereocenters. The van der Waals surface area contributed by atoms with Crippen LogP contribution in [0.4, 0.5) is 0 Å². The standard InChI is InChI=1S/C29H24N2O2P2/c1-23-22-28(34(32,24-14-6-2-7-15-24)25-16-8-3-9-17-25)30-31-29(23)35(33,26-18-10-4-11-19-26)27-20-12-5-13-21-27/h2-22H,1H3. The molecule has 0 spiro atoms. The van der Waals surface area contributed by atoms with Gasteiger partial charge in [-0.05, 0) is 18.6 Å². The van der Waals surface area contributed by atoms with Gasteiger partial charge in [-0.15, -0.1) is 10.2 Å². The normalized spacial score (nSPS) is 11.8. The first-order valence-electron chi connectivity index (χ1n) is 11.3. The van der Waals surface area contributed by atoms with E-state index < -0.39 is 14.3 Å². The van der Waals surface area contributed by atoms with Crippen LogP contribution in [0.25, 0.3) is 0 Å². The van der Waals surface area contributed by atoms with Crippen molar-refractivity contribution in [2.45, 2.75) is 6.92 Å². The average Bonchev–Trinajstić information content (AvgIpc) is 2.94. The fraction of sp³-hybridized carbons (Fsp3) is 0.0345. The van der Waals surface area contributed by atoms with Gasteiger partial charge in [-0.1, -0.05) is 121 Å². The maximum Gasteiger partial charge on any atom is 0.190 e. The Morgan fingerprint density at radius 1 is 0.486 bits per heavy atom. The number of aromatic nitrogens is 2. The first kappa shape index (κ1) is 23.2. The molecule has 0 amide bonds. The molecule has 0 saturated carbocycles. The summed E-state index contributed by atoms with van der Waals surface area (Å²) in [6.45, 7) is 1.87. The third-order valence-electron chi connectivity index (χ3n) is 6.05. The molecule has 5 rings (SSSR count). The third kappa shape index (κ3) is 4.10. The minimum absolute atomic E-state index is 0.379. The highest BCUT2D eigenvalue weighted by Gasteiger charge is 2.36. The summed E-state index contributed by atoms with van der Waals surface area (Å²) >= 11 is 0. The number of aryl methyl sites for hydroxylation is 1. The molecule has 172 valence electrons. The van der Waals surface area contributed by atoms with E-state index in [1.54, 1.807) is 6.07 Å². The van der Waals surface area contributed by atoms with Gasteiger partial charge in [0.2, 0.25) is 0 Å². The van der Waals surface area contributed by atoms with Gasteiger partial charge in [-0.25, -0.2) is 0 Å². The van der Waals surface area contributed by atoms with E-state index >= 15 is 0 Å². The largest absolute Gasteiger partial charge is 0.307 e. The fourth-order valence-electron chi connectivity index (χ4n) is 4.29. The third-order valence-corrected chi connectivity index (χ3v) is 12.0. The van der Waals surface area contributed by atoms with Gasteiger partial charge in [0, 0.05) is 21.2 Å². The van der Waals surface area contributed by atoms with Crippen molar-refractivity contribution in [3.8, 4) is 0 Å². The van der Waals surface area contributed by atoms with Crippen molar-refractivity contribution in [1.29, 1.82) is 0 Å². The Balaban J connectivity index is 1.72. The van der Waals surface area contributed by atoms with Gasteiger partial charge in [-0.3, -0.25) is 0 Å². The Labute approximate surface area is 205 Å². The molecular formula is C29H24N2O2P2. The van der Waals surface area contributed by atoms with Crippen molar-refractivity contribution in [3.05, 3.63) is 133 Å². The predicted molar refractivity (Wildman–Crippen MR) is 146 cm³/mol. The molecule has 0 bridgehead atoms. The van der Waals surface area contributed by atoms with Crippen LogP contribution in [0.1, 0.15) is 5.56 Å². The van der Waals surface area contributed by atoms with Crippen LogP contribution in [0.3, 0.4) is 0 Å². The highest BCUT2D eigenvalue weighted by molar-refractivity contribution is 7.85. The lowest BCUT2D eigenvalue weighted by molar-refractivity contribution is 0.590. The molecule has 6 heteroatoms. The van der Waals surface area contributed by atoms with E-state index in [0.717, 1.165) is 0 Å². The van der Waals surface area contributed by atoms with Crippen LogP contribution in [-0.2, 0) is 9.13 Å². The lowest BCUT2D eigenvalue weighted by Gasteiger charge is -2.22. The molecule has 0 unspecified atom stereocenters. The van der Waals surface area contributed by atoms with Crippen molar-refractivity contribution in [2.75, 3.05) is 0 Å². The van der Waals surface area contributed by atoms with Gasteiger partial charge in [-0.2, -0.15) is 0 Å². The Morgan fingerprint density at radius 2 is 0.829 bits per heavy atom. The lowest BCUT2D eigenvalue weighted by atomic mass is 10.3. The van der Waals surface area contributed by atoms with Crippen molar-refractivity contribution in [1.82, 2.24) is 10.2 Å². The van der Waals surface area contributed by atoms with Gasteiger partial charge in [0.1, 0.15) is 10.9 Å². The second-order valence-electron chi connectivity index (χ2n) is 8.27. The summed E-state index contributed by atoms with van der Waals surface area (Å²) in [5.41, 5.74) is 1.48. The van der Waals surface area contributed by atoms with E-state index in [0.29, 0.717) is 37.7 Å². The number of hydrogen-bond donors (Lipinski definition) is 0. The van der Waals surface area contributed by atoms with E-state index in [2.05, 4.69) is 10.2 Å². The zero-order valence-corrected chi connectivity index (χ0v) is 21.0. The number of benzene rings is 4. The van der Waals surface area contributed by atoms with E-state index in [9.17, 15) is 9.13 Å². The van der Waals surface area contributed by atoms with Crippen LogP contribution >= 0.6 is 14.3 Å².